The van der Waals surface area contributed by atoms with Crippen molar-refractivity contribution >= 4 is 5.91 Å². The van der Waals surface area contributed by atoms with Gasteiger partial charge in [0.05, 0.1) is 38.5 Å². The Hall–Kier alpha value is -3.07. The van der Waals surface area contributed by atoms with Gasteiger partial charge >= 0.3 is 0 Å². The second-order valence-electron chi connectivity index (χ2n) is 10.1. The molecule has 2 aliphatic heterocycles. The number of hydrogen-bond donors (Lipinski definition) is 0. The number of benzene rings is 3. The topological polar surface area (TPSA) is 66.5 Å². The Kier molecular flexibility index (Phi) is 9.97. The van der Waals surface area contributed by atoms with Gasteiger partial charge in [0.25, 0.3) is 0 Å². The molecule has 0 aromatic heterocycles. The molecule has 0 bridgehead atoms. The lowest BCUT2D eigenvalue weighted by Gasteiger charge is -2.48. The Morgan fingerprint density at radius 2 is 1.15 bits per heavy atom. The molecule has 40 heavy (non-hydrogen) atoms. The molecule has 7 heteroatoms. The molecule has 0 aliphatic carbocycles. The highest BCUT2D eigenvalue weighted by molar-refractivity contribution is 5.88. The maximum atomic E-state index is 13.7. The molecular weight excluding hydrogens is 506 g/mol. The van der Waals surface area contributed by atoms with Gasteiger partial charge < -0.3 is 28.6 Å². The van der Waals surface area contributed by atoms with Crippen LogP contribution in [-0.2, 0) is 48.3 Å². The van der Waals surface area contributed by atoms with Crippen LogP contribution in [0.3, 0.4) is 0 Å². The first-order valence-electron chi connectivity index (χ1n) is 14.2. The van der Waals surface area contributed by atoms with Gasteiger partial charge in [0, 0.05) is 13.2 Å². The summed E-state index contributed by atoms with van der Waals surface area (Å²) < 4.78 is 31.3. The first-order valence-corrected chi connectivity index (χ1v) is 14.2. The Bertz CT molecular complexity index is 1170. The van der Waals surface area contributed by atoms with Gasteiger partial charge in [-0.05, 0) is 30.5 Å². The van der Waals surface area contributed by atoms with Crippen molar-refractivity contribution in [2.45, 2.75) is 64.2 Å². The highest BCUT2D eigenvalue weighted by atomic mass is 16.7. The van der Waals surface area contributed by atoms with Crippen LogP contribution in [0, 0.1) is 5.92 Å². The molecule has 2 heterocycles. The first kappa shape index (κ1) is 28.5. The summed E-state index contributed by atoms with van der Waals surface area (Å²) in [7, 11) is 0. The van der Waals surface area contributed by atoms with E-state index in [1.807, 2.05) is 110 Å². The minimum atomic E-state index is -0.634. The van der Waals surface area contributed by atoms with Gasteiger partial charge in [-0.3, -0.25) is 4.79 Å². The largest absolute Gasteiger partial charge is 0.375 e. The normalized spacial score (nSPS) is 23.8. The van der Waals surface area contributed by atoms with Crippen molar-refractivity contribution in [3.63, 3.8) is 0 Å². The Balaban J connectivity index is 1.41. The number of carbonyl (C=O) groups excluding carboxylic acids is 1. The molecule has 212 valence electrons. The van der Waals surface area contributed by atoms with Gasteiger partial charge in [-0.15, -0.1) is 0 Å². The van der Waals surface area contributed by atoms with Crippen LogP contribution >= 0.6 is 0 Å². The predicted octanol–water partition coefficient (Wildman–Crippen LogP) is 4.98. The summed E-state index contributed by atoms with van der Waals surface area (Å²) in [6.07, 6.45) is -1.40. The van der Waals surface area contributed by atoms with Crippen molar-refractivity contribution in [1.82, 2.24) is 4.90 Å². The molecule has 2 fully saturated rings. The third kappa shape index (κ3) is 6.45. The van der Waals surface area contributed by atoms with E-state index in [1.165, 1.54) is 0 Å². The number of rotatable bonds is 15. The van der Waals surface area contributed by atoms with E-state index in [0.717, 1.165) is 16.7 Å². The molecule has 0 spiro atoms. The van der Waals surface area contributed by atoms with E-state index in [0.29, 0.717) is 39.6 Å². The lowest BCUT2D eigenvalue weighted by atomic mass is 9.85. The van der Waals surface area contributed by atoms with Crippen molar-refractivity contribution in [3.05, 3.63) is 108 Å². The SMILES string of the molecule is CCOC(OCC)[C@@H]1C(=O)N2[C@@H]1[C@H](OCc1ccccc1)[C@@H](OCc1ccccc1)[C@@H]2COCc1ccccc1. The Labute approximate surface area is 236 Å². The van der Waals surface area contributed by atoms with Crippen LogP contribution < -0.4 is 0 Å². The van der Waals surface area contributed by atoms with E-state index in [-0.39, 0.29) is 30.2 Å². The van der Waals surface area contributed by atoms with Crippen LogP contribution in [0.25, 0.3) is 0 Å². The van der Waals surface area contributed by atoms with E-state index in [9.17, 15) is 4.79 Å². The van der Waals surface area contributed by atoms with Crippen molar-refractivity contribution in [3.8, 4) is 0 Å². The minimum Gasteiger partial charge on any atom is -0.375 e. The van der Waals surface area contributed by atoms with Crippen LogP contribution in [0.2, 0.25) is 0 Å². The molecule has 7 nitrogen and oxygen atoms in total. The third-order valence-corrected chi connectivity index (χ3v) is 7.55. The summed E-state index contributed by atoms with van der Waals surface area (Å²) in [6, 6.07) is 29.6. The number of ether oxygens (including phenoxy) is 5. The van der Waals surface area contributed by atoms with Crippen molar-refractivity contribution in [2.75, 3.05) is 19.8 Å². The molecule has 3 aromatic rings. The lowest BCUT2D eigenvalue weighted by Crippen LogP contribution is -2.67. The predicted molar refractivity (Wildman–Crippen MR) is 151 cm³/mol. The van der Waals surface area contributed by atoms with Gasteiger partial charge in [0.15, 0.2) is 6.29 Å². The van der Waals surface area contributed by atoms with Crippen LogP contribution in [0.1, 0.15) is 30.5 Å². The average Bonchev–Trinajstić information content (AvgIpc) is 3.25. The van der Waals surface area contributed by atoms with E-state index < -0.39 is 12.2 Å². The summed E-state index contributed by atoms with van der Waals surface area (Å²) >= 11 is 0. The highest BCUT2D eigenvalue weighted by Crippen LogP contribution is 2.45. The minimum absolute atomic E-state index is 0.00988. The number of carbonyl (C=O) groups is 1. The zero-order chi connectivity index (χ0) is 27.7. The molecule has 3 aromatic carbocycles. The number of hydrogen-bond acceptors (Lipinski definition) is 6. The molecule has 0 unspecified atom stereocenters. The van der Waals surface area contributed by atoms with Crippen LogP contribution in [0.4, 0.5) is 0 Å². The molecule has 2 aliphatic rings. The number of nitrogens with zero attached hydrogens (tertiary/aromatic N) is 1. The zero-order valence-corrected chi connectivity index (χ0v) is 23.3. The van der Waals surface area contributed by atoms with Crippen LogP contribution in [0.5, 0.6) is 0 Å². The van der Waals surface area contributed by atoms with Gasteiger partial charge in [0.1, 0.15) is 18.1 Å². The molecule has 0 saturated carbocycles. The first-order chi connectivity index (χ1) is 19.7. The van der Waals surface area contributed by atoms with E-state index in [1.54, 1.807) is 0 Å². The molecule has 1 amide bonds. The van der Waals surface area contributed by atoms with E-state index in [2.05, 4.69) is 0 Å². The van der Waals surface area contributed by atoms with E-state index in [4.69, 9.17) is 23.7 Å². The smallest absolute Gasteiger partial charge is 0.233 e. The average molecular weight is 546 g/mol. The van der Waals surface area contributed by atoms with E-state index >= 15 is 0 Å². The summed E-state index contributed by atoms with van der Waals surface area (Å²) in [5.41, 5.74) is 3.20. The monoisotopic (exact) mass is 545 g/mol. The fourth-order valence-electron chi connectivity index (χ4n) is 5.72. The molecular formula is C33H39NO6. The van der Waals surface area contributed by atoms with Gasteiger partial charge in [-0.1, -0.05) is 91.0 Å². The zero-order valence-electron chi connectivity index (χ0n) is 23.3. The molecule has 5 atom stereocenters. The standard InChI is InChI=1S/C33H39NO6/c1-3-37-33(38-4-2)28-29-31(40-22-26-18-12-7-13-19-26)30(39-21-25-16-10-6-11-17-25)27(34(29)32(28)35)23-36-20-24-14-8-5-9-15-24/h5-19,27-31,33H,3-4,20-23H2,1-2H3/t27-,28-,29-,30-,31-/m0/s1. The Morgan fingerprint density at radius 1 is 0.675 bits per heavy atom. The second-order valence-corrected chi connectivity index (χ2v) is 10.1. The fraction of sp³-hybridized carbons (Fsp3) is 0.424. The fourth-order valence-corrected chi connectivity index (χ4v) is 5.72. The molecule has 2 saturated heterocycles. The quantitative estimate of drug-likeness (QED) is 0.198. The molecule has 5 rings (SSSR count). The summed E-state index contributed by atoms with van der Waals surface area (Å²) in [5.74, 6) is -0.480. The number of β-lactam (4-membered cyclic amide) rings is 1. The number of amides is 1. The van der Waals surface area contributed by atoms with Crippen molar-refractivity contribution in [2.24, 2.45) is 5.92 Å². The summed E-state index contributed by atoms with van der Waals surface area (Å²) in [6.45, 7) is 6.34. The van der Waals surface area contributed by atoms with Crippen molar-refractivity contribution in [1.29, 1.82) is 0 Å². The third-order valence-electron chi connectivity index (χ3n) is 7.55. The van der Waals surface area contributed by atoms with Gasteiger partial charge in [0.2, 0.25) is 5.91 Å². The van der Waals surface area contributed by atoms with Crippen molar-refractivity contribution < 1.29 is 28.5 Å². The highest BCUT2D eigenvalue weighted by Gasteiger charge is 2.66. The maximum absolute atomic E-state index is 13.7. The summed E-state index contributed by atoms with van der Waals surface area (Å²) in [5, 5.41) is 0. The Morgan fingerprint density at radius 3 is 1.65 bits per heavy atom. The molecule has 0 radical (unpaired) electrons. The number of fused-ring (bicyclic) bond motifs is 1. The maximum Gasteiger partial charge on any atom is 0.233 e. The molecule has 0 N–H and O–H groups in total. The van der Waals surface area contributed by atoms with Gasteiger partial charge in [-0.25, -0.2) is 0 Å². The lowest BCUT2D eigenvalue weighted by molar-refractivity contribution is -0.221. The summed E-state index contributed by atoms with van der Waals surface area (Å²) in [4.78, 5) is 15.6. The van der Waals surface area contributed by atoms with Gasteiger partial charge in [-0.2, -0.15) is 0 Å². The van der Waals surface area contributed by atoms with Crippen LogP contribution in [-0.4, -0.2) is 61.2 Å². The van der Waals surface area contributed by atoms with Crippen LogP contribution in [0.15, 0.2) is 91.0 Å². The second kappa shape index (κ2) is 14.0.